The van der Waals surface area contributed by atoms with E-state index in [1.54, 1.807) is 0 Å². The molecule has 0 N–H and O–H groups in total. The molecule has 2 heteroatoms. The van der Waals surface area contributed by atoms with Crippen LogP contribution in [-0.2, 0) is 13.0 Å². The molecule has 0 bridgehead atoms. The van der Waals surface area contributed by atoms with Crippen molar-refractivity contribution in [1.82, 2.24) is 4.90 Å². The number of hydrogen-bond acceptors (Lipinski definition) is 2. The minimum Gasteiger partial charge on any atom is -0.455 e. The first-order valence-corrected chi connectivity index (χ1v) is 4.37. The maximum atomic E-state index is 8.72. The van der Waals surface area contributed by atoms with E-state index in [4.69, 9.17) is 5.26 Å². The normalized spacial score (nSPS) is 16.3. The second-order valence-electron chi connectivity index (χ2n) is 3.40. The zero-order chi connectivity index (χ0) is 9.26. The summed E-state index contributed by atoms with van der Waals surface area (Å²) in [5.74, 6) is 0. The summed E-state index contributed by atoms with van der Waals surface area (Å²) >= 11 is 0. The molecular formula is C11H11N2-. The molecule has 0 atom stereocenters. The van der Waals surface area contributed by atoms with Crippen molar-refractivity contribution in [2.45, 2.75) is 13.0 Å². The fraction of sp³-hybridized carbons (Fsp3) is 0.273. The first-order chi connectivity index (χ1) is 6.29. The van der Waals surface area contributed by atoms with Crippen molar-refractivity contribution in [3.05, 3.63) is 41.9 Å². The monoisotopic (exact) mass is 171 g/mol. The summed E-state index contributed by atoms with van der Waals surface area (Å²) in [5, 5.41) is 8.72. The Kier molecular flexibility index (Phi) is 2.03. The van der Waals surface area contributed by atoms with Gasteiger partial charge in [0.15, 0.2) is 0 Å². The SMILES string of the molecule is [CH2-]N1CCc2cc(C#N)ccc2C1. The lowest BCUT2D eigenvalue weighted by Crippen LogP contribution is -2.24. The molecule has 0 saturated heterocycles. The minimum absolute atomic E-state index is 0.760. The van der Waals surface area contributed by atoms with Crippen molar-refractivity contribution < 1.29 is 0 Å². The summed E-state index contributed by atoms with van der Waals surface area (Å²) in [5.41, 5.74) is 3.37. The molecule has 1 aliphatic heterocycles. The second kappa shape index (κ2) is 3.20. The molecule has 13 heavy (non-hydrogen) atoms. The molecule has 0 spiro atoms. The Morgan fingerprint density at radius 1 is 1.38 bits per heavy atom. The quantitative estimate of drug-likeness (QED) is 0.555. The summed E-state index contributed by atoms with van der Waals surface area (Å²) in [6.45, 7) is 1.89. The van der Waals surface area contributed by atoms with Crippen LogP contribution in [0.4, 0.5) is 0 Å². The van der Waals surface area contributed by atoms with E-state index >= 15 is 0 Å². The molecule has 2 rings (SSSR count). The standard InChI is InChI=1S/C11H11N2/c1-13-5-4-10-6-9(7-12)2-3-11(10)8-13/h2-3,6H,1,4-5,8H2/q-1. The average Bonchev–Trinajstić information content (AvgIpc) is 2.17. The fourth-order valence-corrected chi connectivity index (χ4v) is 1.68. The molecule has 0 unspecified atom stereocenters. The van der Waals surface area contributed by atoms with Crippen LogP contribution in [-0.4, -0.2) is 11.4 Å². The highest BCUT2D eigenvalue weighted by Gasteiger charge is 2.09. The molecule has 2 nitrogen and oxygen atoms in total. The van der Waals surface area contributed by atoms with E-state index in [2.05, 4.69) is 13.1 Å². The largest absolute Gasteiger partial charge is 0.455 e. The van der Waals surface area contributed by atoms with Crippen molar-refractivity contribution in [2.75, 3.05) is 6.54 Å². The van der Waals surface area contributed by atoms with Crippen LogP contribution < -0.4 is 0 Å². The Bertz CT molecular complexity index is 363. The van der Waals surface area contributed by atoms with Crippen LogP contribution in [0.15, 0.2) is 18.2 Å². The minimum atomic E-state index is 0.760. The smallest absolute Gasteiger partial charge is 0.0991 e. The molecule has 1 heterocycles. The van der Waals surface area contributed by atoms with E-state index in [0.29, 0.717) is 0 Å². The predicted molar refractivity (Wildman–Crippen MR) is 50.6 cm³/mol. The first-order valence-electron chi connectivity index (χ1n) is 4.37. The average molecular weight is 171 g/mol. The molecule has 0 radical (unpaired) electrons. The zero-order valence-corrected chi connectivity index (χ0v) is 7.45. The lowest BCUT2D eigenvalue weighted by Gasteiger charge is -2.31. The first kappa shape index (κ1) is 8.28. The Morgan fingerprint density at radius 3 is 3.00 bits per heavy atom. The van der Waals surface area contributed by atoms with Gasteiger partial charge >= 0.3 is 0 Å². The molecule has 0 aliphatic carbocycles. The molecular weight excluding hydrogens is 160 g/mol. The van der Waals surface area contributed by atoms with Gasteiger partial charge < -0.3 is 4.90 Å². The van der Waals surface area contributed by atoms with Gasteiger partial charge in [0.1, 0.15) is 0 Å². The van der Waals surface area contributed by atoms with E-state index in [9.17, 15) is 0 Å². The van der Waals surface area contributed by atoms with Gasteiger partial charge in [0, 0.05) is 0 Å². The molecule has 1 aliphatic rings. The van der Waals surface area contributed by atoms with Crippen LogP contribution in [0.5, 0.6) is 0 Å². The molecule has 1 aromatic rings. The van der Waals surface area contributed by atoms with Gasteiger partial charge in [-0.25, -0.2) is 0 Å². The lowest BCUT2D eigenvalue weighted by atomic mass is 9.98. The highest BCUT2D eigenvalue weighted by Crippen LogP contribution is 2.19. The molecule has 0 saturated carbocycles. The maximum absolute atomic E-state index is 8.72. The van der Waals surface area contributed by atoms with Gasteiger partial charge in [-0.1, -0.05) is 6.07 Å². The van der Waals surface area contributed by atoms with Crippen LogP contribution >= 0.6 is 0 Å². The number of hydrogen-bond donors (Lipinski definition) is 0. The van der Waals surface area contributed by atoms with Gasteiger partial charge in [-0.15, -0.1) is 0 Å². The Morgan fingerprint density at radius 2 is 2.23 bits per heavy atom. The number of rotatable bonds is 0. The van der Waals surface area contributed by atoms with Crippen LogP contribution in [0.3, 0.4) is 0 Å². The Labute approximate surface area is 78.4 Å². The highest BCUT2D eigenvalue weighted by atomic mass is 15.1. The Hall–Kier alpha value is -1.33. The third-order valence-electron chi connectivity index (χ3n) is 2.43. The summed E-state index contributed by atoms with van der Waals surface area (Å²) in [7, 11) is 3.91. The summed E-state index contributed by atoms with van der Waals surface area (Å²) < 4.78 is 0. The maximum Gasteiger partial charge on any atom is 0.0991 e. The van der Waals surface area contributed by atoms with Gasteiger partial charge in [-0.2, -0.15) is 5.26 Å². The van der Waals surface area contributed by atoms with Gasteiger partial charge in [0.25, 0.3) is 0 Å². The Balaban J connectivity index is 2.38. The predicted octanol–water partition coefficient (Wildman–Crippen LogP) is 1.71. The second-order valence-corrected chi connectivity index (χ2v) is 3.40. The molecule has 0 amide bonds. The van der Waals surface area contributed by atoms with Crippen molar-refractivity contribution in [2.24, 2.45) is 0 Å². The molecule has 1 aromatic carbocycles. The number of fused-ring (bicyclic) bond motifs is 1. The van der Waals surface area contributed by atoms with Crippen molar-refractivity contribution in [1.29, 1.82) is 5.26 Å². The molecule has 66 valence electrons. The third-order valence-corrected chi connectivity index (χ3v) is 2.43. The van der Waals surface area contributed by atoms with Crippen LogP contribution in [0.2, 0.25) is 0 Å². The number of nitriles is 1. The highest BCUT2D eigenvalue weighted by molar-refractivity contribution is 5.39. The summed E-state index contributed by atoms with van der Waals surface area (Å²) in [6, 6.07) is 8.05. The van der Waals surface area contributed by atoms with E-state index in [0.717, 1.165) is 25.1 Å². The van der Waals surface area contributed by atoms with Gasteiger partial charge in [0.2, 0.25) is 0 Å². The summed E-state index contributed by atoms with van der Waals surface area (Å²) in [6.07, 6.45) is 1.01. The zero-order valence-electron chi connectivity index (χ0n) is 7.45. The van der Waals surface area contributed by atoms with E-state index in [1.807, 2.05) is 23.1 Å². The third kappa shape index (κ3) is 1.56. The number of benzene rings is 1. The van der Waals surface area contributed by atoms with E-state index in [1.165, 1.54) is 11.1 Å². The van der Waals surface area contributed by atoms with Crippen LogP contribution in [0, 0.1) is 18.4 Å². The van der Waals surface area contributed by atoms with Gasteiger partial charge in [0.05, 0.1) is 11.6 Å². The van der Waals surface area contributed by atoms with Crippen molar-refractivity contribution in [3.63, 3.8) is 0 Å². The summed E-state index contributed by atoms with van der Waals surface area (Å²) in [4.78, 5) is 2.05. The molecule has 0 aromatic heterocycles. The van der Waals surface area contributed by atoms with Crippen LogP contribution in [0.1, 0.15) is 16.7 Å². The lowest BCUT2D eigenvalue weighted by molar-refractivity contribution is 0.347. The van der Waals surface area contributed by atoms with Gasteiger partial charge in [-0.3, -0.25) is 7.05 Å². The molecule has 0 fully saturated rings. The van der Waals surface area contributed by atoms with E-state index < -0.39 is 0 Å². The topological polar surface area (TPSA) is 27.0 Å². The number of nitrogens with zero attached hydrogens (tertiary/aromatic N) is 2. The van der Waals surface area contributed by atoms with Crippen molar-refractivity contribution >= 4 is 0 Å². The fourth-order valence-electron chi connectivity index (χ4n) is 1.68. The van der Waals surface area contributed by atoms with Crippen molar-refractivity contribution in [3.8, 4) is 6.07 Å². The van der Waals surface area contributed by atoms with E-state index in [-0.39, 0.29) is 0 Å². The van der Waals surface area contributed by atoms with Crippen LogP contribution in [0.25, 0.3) is 0 Å². The van der Waals surface area contributed by atoms with Gasteiger partial charge in [-0.05, 0) is 42.8 Å².